The van der Waals surface area contributed by atoms with Gasteiger partial charge in [0.25, 0.3) is 0 Å². The largest absolute Gasteiger partial charge is 0.456 e. The first kappa shape index (κ1) is 29.6. The summed E-state index contributed by atoms with van der Waals surface area (Å²) in [4.78, 5) is 0. The molecule has 0 radical (unpaired) electrons. The molecule has 1 aliphatic carbocycles. The van der Waals surface area contributed by atoms with Gasteiger partial charge in [-0.25, -0.2) is 0 Å². The van der Waals surface area contributed by atoms with E-state index in [1.54, 1.807) is 0 Å². The zero-order chi connectivity index (χ0) is 35.3. The summed E-state index contributed by atoms with van der Waals surface area (Å²) in [6.07, 6.45) is 0.892. The standard InChI is InChI=1S/C53H32O/c1-2-13-35-29-48-38(28-33(35)12-1)30-49-40(48)25-26-47-41-24-23-36(31-50(41)54-53(47)49)34-15-9-16-37(27-34)51-43-18-5-7-20-45(43)52(46-21-8-6-19-44(46)51)42-22-10-14-32-11-3-4-17-39(32)42/h1-29,31H,30H2. The lowest BCUT2D eigenvalue weighted by molar-refractivity contribution is 0.665. The van der Waals surface area contributed by atoms with Crippen LogP contribution in [0.4, 0.5) is 0 Å². The molecule has 0 fully saturated rings. The molecule has 0 amide bonds. The first-order valence-electron chi connectivity index (χ1n) is 18.8. The Kier molecular flexibility index (Phi) is 6.18. The Morgan fingerprint density at radius 1 is 0.333 bits per heavy atom. The molecule has 0 saturated heterocycles. The van der Waals surface area contributed by atoms with Crippen molar-refractivity contribution in [3.05, 3.63) is 193 Å². The van der Waals surface area contributed by atoms with Crippen LogP contribution in [0.1, 0.15) is 11.1 Å². The second kappa shape index (κ2) is 11.3. The van der Waals surface area contributed by atoms with Gasteiger partial charge in [-0.1, -0.05) is 152 Å². The molecule has 0 N–H and O–H groups in total. The fourth-order valence-corrected chi connectivity index (χ4v) is 9.41. The molecule has 11 aromatic rings. The van der Waals surface area contributed by atoms with Gasteiger partial charge < -0.3 is 4.42 Å². The first-order chi connectivity index (χ1) is 26.8. The number of hydrogen-bond donors (Lipinski definition) is 0. The summed E-state index contributed by atoms with van der Waals surface area (Å²) in [7, 11) is 0. The van der Waals surface area contributed by atoms with Crippen LogP contribution in [0.5, 0.6) is 0 Å². The van der Waals surface area contributed by atoms with Crippen LogP contribution < -0.4 is 0 Å². The molecule has 10 aromatic carbocycles. The molecule has 0 unspecified atom stereocenters. The van der Waals surface area contributed by atoms with E-state index >= 15 is 0 Å². The van der Waals surface area contributed by atoms with Crippen molar-refractivity contribution in [1.29, 1.82) is 0 Å². The average Bonchev–Trinajstić information content (AvgIpc) is 3.79. The van der Waals surface area contributed by atoms with Crippen LogP contribution in [-0.2, 0) is 6.42 Å². The van der Waals surface area contributed by atoms with E-state index in [-0.39, 0.29) is 0 Å². The summed E-state index contributed by atoms with van der Waals surface area (Å²) in [6, 6.07) is 66.9. The van der Waals surface area contributed by atoms with Gasteiger partial charge in [0, 0.05) is 22.8 Å². The molecule has 0 aliphatic heterocycles. The molecule has 1 heteroatoms. The predicted octanol–water partition coefficient (Wildman–Crippen LogP) is 14.8. The SMILES string of the molecule is c1cc(-c2ccc3c(c2)oc2c4c(ccc23)-c2cc3ccccc3cc2C4)cc(-c2c3ccccc3c(-c3cccc4ccccc34)c3ccccc23)c1. The van der Waals surface area contributed by atoms with E-state index in [1.807, 2.05) is 0 Å². The van der Waals surface area contributed by atoms with Gasteiger partial charge in [-0.05, 0) is 123 Å². The minimum atomic E-state index is 0.892. The van der Waals surface area contributed by atoms with Crippen LogP contribution in [0.2, 0.25) is 0 Å². The molecule has 0 bridgehead atoms. The van der Waals surface area contributed by atoms with Gasteiger partial charge in [-0.15, -0.1) is 0 Å². The number of fused-ring (bicyclic) bond motifs is 11. The van der Waals surface area contributed by atoms with E-state index in [2.05, 4.69) is 182 Å². The Morgan fingerprint density at radius 2 is 0.926 bits per heavy atom. The van der Waals surface area contributed by atoms with E-state index < -0.39 is 0 Å². The van der Waals surface area contributed by atoms with Gasteiger partial charge >= 0.3 is 0 Å². The third-order valence-corrected chi connectivity index (χ3v) is 11.8. The smallest absolute Gasteiger partial charge is 0.139 e. The fraction of sp³-hybridized carbons (Fsp3) is 0.0189. The van der Waals surface area contributed by atoms with Gasteiger partial charge in [0.05, 0.1) is 0 Å². The van der Waals surface area contributed by atoms with Crippen LogP contribution in [0.3, 0.4) is 0 Å². The van der Waals surface area contributed by atoms with E-state index in [4.69, 9.17) is 4.42 Å². The Balaban J connectivity index is 1.01. The summed E-state index contributed by atoms with van der Waals surface area (Å²) in [6.45, 7) is 0. The number of hydrogen-bond acceptors (Lipinski definition) is 1. The van der Waals surface area contributed by atoms with Crippen LogP contribution in [0.25, 0.3) is 110 Å². The van der Waals surface area contributed by atoms with Crippen LogP contribution in [0, 0.1) is 0 Å². The molecule has 1 nitrogen and oxygen atoms in total. The van der Waals surface area contributed by atoms with Gasteiger partial charge in [0.2, 0.25) is 0 Å². The normalized spacial score (nSPS) is 12.4. The van der Waals surface area contributed by atoms with Crippen molar-refractivity contribution in [1.82, 2.24) is 0 Å². The molecular formula is C53H32O. The topological polar surface area (TPSA) is 13.1 Å². The highest BCUT2D eigenvalue weighted by Gasteiger charge is 2.24. The van der Waals surface area contributed by atoms with Gasteiger partial charge in [-0.2, -0.15) is 0 Å². The molecule has 0 spiro atoms. The van der Waals surface area contributed by atoms with Crippen molar-refractivity contribution in [2.45, 2.75) is 6.42 Å². The van der Waals surface area contributed by atoms with Crippen molar-refractivity contribution in [2.24, 2.45) is 0 Å². The zero-order valence-corrected chi connectivity index (χ0v) is 29.4. The van der Waals surface area contributed by atoms with Crippen molar-refractivity contribution >= 4 is 65.0 Å². The lowest BCUT2D eigenvalue weighted by atomic mass is 9.84. The van der Waals surface area contributed by atoms with Crippen molar-refractivity contribution in [3.8, 4) is 44.5 Å². The first-order valence-corrected chi connectivity index (χ1v) is 18.8. The quantitative estimate of drug-likeness (QED) is 0.169. The lowest BCUT2D eigenvalue weighted by Gasteiger charge is -2.19. The Hall–Kier alpha value is -6.96. The molecular weight excluding hydrogens is 653 g/mol. The molecule has 12 rings (SSSR count). The molecule has 1 aliphatic rings. The third-order valence-electron chi connectivity index (χ3n) is 11.8. The maximum atomic E-state index is 6.80. The highest BCUT2D eigenvalue weighted by atomic mass is 16.3. The number of rotatable bonds is 3. The van der Waals surface area contributed by atoms with E-state index in [1.165, 1.54) is 98.5 Å². The maximum Gasteiger partial charge on any atom is 0.139 e. The molecule has 54 heavy (non-hydrogen) atoms. The third kappa shape index (κ3) is 4.27. The molecule has 0 atom stereocenters. The molecule has 1 heterocycles. The Morgan fingerprint density at radius 3 is 1.70 bits per heavy atom. The minimum Gasteiger partial charge on any atom is -0.456 e. The van der Waals surface area contributed by atoms with Crippen molar-refractivity contribution in [3.63, 3.8) is 0 Å². The molecule has 1 aromatic heterocycles. The van der Waals surface area contributed by atoms with E-state index in [0.717, 1.165) is 28.5 Å². The Labute approximate surface area is 312 Å². The second-order valence-electron chi connectivity index (χ2n) is 14.8. The highest BCUT2D eigenvalue weighted by Crippen LogP contribution is 2.47. The van der Waals surface area contributed by atoms with Crippen molar-refractivity contribution in [2.75, 3.05) is 0 Å². The van der Waals surface area contributed by atoms with E-state index in [9.17, 15) is 0 Å². The van der Waals surface area contributed by atoms with Crippen LogP contribution in [-0.4, -0.2) is 0 Å². The number of furan rings is 1. The summed E-state index contributed by atoms with van der Waals surface area (Å²) in [5.74, 6) is 0. The highest BCUT2D eigenvalue weighted by molar-refractivity contribution is 6.23. The van der Waals surface area contributed by atoms with Crippen LogP contribution >= 0.6 is 0 Å². The molecule has 0 saturated carbocycles. The zero-order valence-electron chi connectivity index (χ0n) is 29.4. The average molecular weight is 685 g/mol. The van der Waals surface area contributed by atoms with Gasteiger partial charge in [-0.3, -0.25) is 0 Å². The maximum absolute atomic E-state index is 6.80. The summed E-state index contributed by atoms with van der Waals surface area (Å²) in [5, 5.41) is 12.5. The second-order valence-corrected chi connectivity index (χ2v) is 14.8. The number of benzene rings is 10. The molecule has 250 valence electrons. The van der Waals surface area contributed by atoms with E-state index in [0.29, 0.717) is 0 Å². The predicted molar refractivity (Wildman–Crippen MR) is 228 cm³/mol. The van der Waals surface area contributed by atoms with Gasteiger partial charge in [0.1, 0.15) is 11.2 Å². The lowest BCUT2D eigenvalue weighted by Crippen LogP contribution is -1.92. The fourth-order valence-electron chi connectivity index (χ4n) is 9.41. The summed E-state index contributed by atoms with van der Waals surface area (Å²) >= 11 is 0. The Bertz CT molecular complexity index is 3300. The summed E-state index contributed by atoms with van der Waals surface area (Å²) in [5.41, 5.74) is 14.6. The van der Waals surface area contributed by atoms with Crippen LogP contribution in [0.15, 0.2) is 186 Å². The minimum absolute atomic E-state index is 0.892. The van der Waals surface area contributed by atoms with Gasteiger partial charge in [0.15, 0.2) is 0 Å². The monoisotopic (exact) mass is 684 g/mol. The summed E-state index contributed by atoms with van der Waals surface area (Å²) < 4.78 is 6.80. The van der Waals surface area contributed by atoms with Crippen molar-refractivity contribution < 1.29 is 4.42 Å².